The van der Waals surface area contributed by atoms with Crippen LogP contribution in [0.1, 0.15) is 5.56 Å². The van der Waals surface area contributed by atoms with Gasteiger partial charge < -0.3 is 9.84 Å². The molecule has 31 heavy (non-hydrogen) atoms. The molecule has 0 saturated carbocycles. The van der Waals surface area contributed by atoms with Crippen molar-refractivity contribution < 1.29 is 9.84 Å². The van der Waals surface area contributed by atoms with Crippen molar-refractivity contribution in [2.45, 2.75) is 6.54 Å². The van der Waals surface area contributed by atoms with Crippen LogP contribution in [0.4, 0.5) is 5.95 Å². The van der Waals surface area contributed by atoms with E-state index >= 15 is 0 Å². The number of imidazole rings is 1. The molecule has 0 bridgehead atoms. The topological polar surface area (TPSA) is 127 Å². The predicted octanol–water partition coefficient (Wildman–Crippen LogP) is 1.65. The average Bonchev–Trinajstić information content (AvgIpc) is 3.12. The van der Waals surface area contributed by atoms with Crippen molar-refractivity contribution >= 4 is 23.3 Å². The fourth-order valence-corrected chi connectivity index (χ4v) is 3.08. The Labute approximate surface area is 176 Å². The van der Waals surface area contributed by atoms with E-state index in [0.717, 1.165) is 0 Å². The number of benzene rings is 2. The molecule has 0 amide bonds. The van der Waals surface area contributed by atoms with Gasteiger partial charge in [-0.25, -0.2) is 10.2 Å². The fourth-order valence-electron chi connectivity index (χ4n) is 3.08. The summed E-state index contributed by atoms with van der Waals surface area (Å²) in [4.78, 5) is 31.1. The zero-order valence-corrected chi connectivity index (χ0v) is 16.6. The monoisotopic (exact) mass is 420 g/mol. The number of hydrazone groups is 1. The van der Waals surface area contributed by atoms with Crippen LogP contribution < -0.4 is 21.4 Å². The Balaban J connectivity index is 1.65. The molecule has 0 atom stereocenters. The number of ether oxygens (including phenoxy) is 1. The van der Waals surface area contributed by atoms with Crippen LogP contribution in [-0.2, 0) is 13.6 Å². The van der Waals surface area contributed by atoms with Crippen molar-refractivity contribution in [3.05, 3.63) is 81.0 Å². The van der Waals surface area contributed by atoms with Crippen LogP contribution in [0.25, 0.3) is 11.2 Å². The number of anilines is 1. The van der Waals surface area contributed by atoms with Crippen molar-refractivity contribution in [2.75, 3.05) is 12.0 Å². The first kappa shape index (κ1) is 20.0. The summed E-state index contributed by atoms with van der Waals surface area (Å²) in [5.74, 6) is 1.09. The van der Waals surface area contributed by atoms with Crippen molar-refractivity contribution in [1.29, 1.82) is 0 Å². The number of aromatic amines is 1. The highest BCUT2D eigenvalue weighted by molar-refractivity contribution is 5.81. The average molecular weight is 420 g/mol. The van der Waals surface area contributed by atoms with Crippen LogP contribution in [0.5, 0.6) is 11.5 Å². The van der Waals surface area contributed by atoms with E-state index < -0.39 is 11.2 Å². The Morgan fingerprint density at radius 1 is 1.19 bits per heavy atom. The first-order valence-corrected chi connectivity index (χ1v) is 9.48. The number of nitrogens with zero attached hydrogens (tertiary/aromatic N) is 4. The molecular weight excluding hydrogens is 400 g/mol. The molecule has 0 fully saturated rings. The predicted molar refractivity (Wildman–Crippen MR) is 117 cm³/mol. The Morgan fingerprint density at radius 3 is 2.77 bits per heavy atom. The number of nitrogens with one attached hydrogen (secondary N) is 2. The van der Waals surface area contributed by atoms with E-state index in [4.69, 9.17) is 4.74 Å². The van der Waals surface area contributed by atoms with Gasteiger partial charge in [0.1, 0.15) is 18.1 Å². The maximum Gasteiger partial charge on any atom is 0.329 e. The number of para-hydroxylation sites is 1. The van der Waals surface area contributed by atoms with Crippen LogP contribution in [0.2, 0.25) is 0 Å². The standard InChI is InChI=1S/C21H20N6O4/c1-26-18-17(19(29)24-21(26)30)27(10-11-31-16-8-3-2-4-9-16)20(23-18)25-22-13-14-6-5-7-15(28)12-14/h2-9,12-13,28H,10-11H2,1H3,(H,23,25)(H,24,29,30)/b22-13+. The molecule has 0 aliphatic carbocycles. The van der Waals surface area contributed by atoms with Gasteiger partial charge in [0.2, 0.25) is 5.95 Å². The second kappa shape index (κ2) is 8.57. The fraction of sp³-hybridized carbons (Fsp3) is 0.143. The molecule has 0 aliphatic rings. The van der Waals surface area contributed by atoms with E-state index in [0.29, 0.717) is 11.3 Å². The first-order valence-electron chi connectivity index (χ1n) is 9.48. The van der Waals surface area contributed by atoms with Gasteiger partial charge in [-0.2, -0.15) is 10.1 Å². The number of aromatic nitrogens is 4. The molecule has 158 valence electrons. The molecule has 3 N–H and O–H groups in total. The van der Waals surface area contributed by atoms with E-state index in [2.05, 4.69) is 20.5 Å². The maximum absolute atomic E-state index is 12.5. The Hall–Kier alpha value is -4.34. The quantitative estimate of drug-likeness (QED) is 0.308. The lowest BCUT2D eigenvalue weighted by Gasteiger charge is -2.10. The first-order chi connectivity index (χ1) is 15.0. The second-order valence-corrected chi connectivity index (χ2v) is 6.70. The molecule has 4 rings (SSSR count). The molecule has 2 aromatic heterocycles. The Bertz CT molecular complexity index is 1350. The number of phenols is 1. The van der Waals surface area contributed by atoms with Crippen LogP contribution in [0, 0.1) is 0 Å². The molecule has 0 aliphatic heterocycles. The van der Waals surface area contributed by atoms with Gasteiger partial charge >= 0.3 is 5.69 Å². The van der Waals surface area contributed by atoms with Crippen LogP contribution >= 0.6 is 0 Å². The highest BCUT2D eigenvalue weighted by Gasteiger charge is 2.17. The second-order valence-electron chi connectivity index (χ2n) is 6.70. The number of hydrogen-bond donors (Lipinski definition) is 3. The number of rotatable bonds is 7. The third-order valence-electron chi connectivity index (χ3n) is 4.58. The van der Waals surface area contributed by atoms with Crippen molar-refractivity contribution in [2.24, 2.45) is 12.1 Å². The van der Waals surface area contributed by atoms with E-state index in [9.17, 15) is 14.7 Å². The van der Waals surface area contributed by atoms with Crippen molar-refractivity contribution in [3.8, 4) is 11.5 Å². The zero-order valence-electron chi connectivity index (χ0n) is 16.6. The zero-order chi connectivity index (χ0) is 21.8. The third-order valence-corrected chi connectivity index (χ3v) is 4.58. The van der Waals surface area contributed by atoms with Gasteiger partial charge in [0.05, 0.1) is 12.8 Å². The molecule has 0 radical (unpaired) electrons. The molecule has 0 saturated heterocycles. The van der Waals surface area contributed by atoms with Gasteiger partial charge in [0.15, 0.2) is 11.2 Å². The highest BCUT2D eigenvalue weighted by atomic mass is 16.5. The summed E-state index contributed by atoms with van der Waals surface area (Å²) < 4.78 is 8.61. The minimum Gasteiger partial charge on any atom is -0.508 e. The lowest BCUT2D eigenvalue weighted by atomic mass is 10.2. The number of H-pyrrole nitrogens is 1. The lowest BCUT2D eigenvalue weighted by molar-refractivity contribution is 0.301. The largest absolute Gasteiger partial charge is 0.508 e. The van der Waals surface area contributed by atoms with Crippen LogP contribution in [0.15, 0.2) is 69.3 Å². The SMILES string of the molecule is Cn1c(=O)[nH]c(=O)c2c1nc(N/N=C/c1cccc(O)c1)n2CCOc1ccccc1. The van der Waals surface area contributed by atoms with E-state index in [1.165, 1.54) is 17.8 Å². The molecule has 10 nitrogen and oxygen atoms in total. The minimum atomic E-state index is -0.558. The van der Waals surface area contributed by atoms with Gasteiger partial charge in [-0.15, -0.1) is 0 Å². The molecule has 0 spiro atoms. The van der Waals surface area contributed by atoms with E-state index in [1.54, 1.807) is 28.8 Å². The van der Waals surface area contributed by atoms with Gasteiger partial charge in [0.25, 0.3) is 5.56 Å². The molecular formula is C21H20N6O4. The van der Waals surface area contributed by atoms with Gasteiger partial charge in [-0.1, -0.05) is 30.3 Å². The number of aryl methyl sites for hydroxylation is 1. The van der Waals surface area contributed by atoms with E-state index in [1.807, 2.05) is 30.3 Å². The number of hydrogen-bond acceptors (Lipinski definition) is 7. The van der Waals surface area contributed by atoms with Crippen molar-refractivity contribution in [1.82, 2.24) is 19.1 Å². The smallest absolute Gasteiger partial charge is 0.329 e. The number of phenolic OH excluding ortho intramolecular Hbond substituents is 1. The number of fused-ring (bicyclic) bond motifs is 1. The minimum absolute atomic E-state index is 0.121. The molecule has 10 heteroatoms. The summed E-state index contributed by atoms with van der Waals surface area (Å²) in [6, 6.07) is 15.9. The normalized spacial score (nSPS) is 11.3. The summed E-state index contributed by atoms with van der Waals surface area (Å²) in [5, 5.41) is 13.7. The number of aromatic hydroxyl groups is 1. The van der Waals surface area contributed by atoms with Crippen molar-refractivity contribution in [3.63, 3.8) is 0 Å². The Morgan fingerprint density at radius 2 is 2.00 bits per heavy atom. The summed E-state index contributed by atoms with van der Waals surface area (Å²) >= 11 is 0. The summed E-state index contributed by atoms with van der Waals surface area (Å²) in [6.07, 6.45) is 1.51. The molecule has 2 aromatic carbocycles. The lowest BCUT2D eigenvalue weighted by Crippen LogP contribution is -2.29. The molecule has 0 unspecified atom stereocenters. The van der Waals surface area contributed by atoms with Gasteiger partial charge in [-0.3, -0.25) is 18.9 Å². The maximum atomic E-state index is 12.5. The van der Waals surface area contributed by atoms with Gasteiger partial charge in [0, 0.05) is 7.05 Å². The summed E-state index contributed by atoms with van der Waals surface area (Å²) in [5.41, 5.74) is 2.84. The van der Waals surface area contributed by atoms with Gasteiger partial charge in [-0.05, 0) is 29.8 Å². The van der Waals surface area contributed by atoms with Crippen LogP contribution in [-0.4, -0.2) is 37.0 Å². The highest BCUT2D eigenvalue weighted by Crippen LogP contribution is 2.16. The van der Waals surface area contributed by atoms with E-state index in [-0.39, 0.29) is 36.0 Å². The Kier molecular flexibility index (Phi) is 5.52. The summed E-state index contributed by atoms with van der Waals surface area (Å²) in [7, 11) is 1.53. The third kappa shape index (κ3) is 4.32. The molecule has 4 aromatic rings. The van der Waals surface area contributed by atoms with Crippen LogP contribution in [0.3, 0.4) is 0 Å². The molecule has 2 heterocycles. The summed E-state index contributed by atoms with van der Waals surface area (Å²) in [6.45, 7) is 0.555.